The van der Waals surface area contributed by atoms with Gasteiger partial charge in [-0.1, -0.05) is 29.8 Å². The van der Waals surface area contributed by atoms with E-state index in [1.807, 2.05) is 12.1 Å². The Morgan fingerprint density at radius 3 is 2.80 bits per heavy atom. The van der Waals surface area contributed by atoms with E-state index in [9.17, 15) is 14.0 Å². The maximum atomic E-state index is 13.2. The average molecular weight is 427 g/mol. The highest BCUT2D eigenvalue weighted by molar-refractivity contribution is 6.30. The van der Waals surface area contributed by atoms with Gasteiger partial charge in [0.25, 0.3) is 5.91 Å². The van der Waals surface area contributed by atoms with Crippen LogP contribution in [0.15, 0.2) is 71.7 Å². The number of ether oxygens (including phenoxy) is 1. The van der Waals surface area contributed by atoms with Crippen molar-refractivity contribution in [1.29, 1.82) is 0 Å². The molecule has 0 aliphatic carbocycles. The minimum Gasteiger partial charge on any atom is -0.484 e. The van der Waals surface area contributed by atoms with Crippen LogP contribution >= 0.6 is 11.6 Å². The summed E-state index contributed by atoms with van der Waals surface area (Å²) in [6.45, 7) is -0.00706. The van der Waals surface area contributed by atoms with Gasteiger partial charge in [-0.15, -0.1) is 5.10 Å². The molecule has 0 saturated heterocycles. The molecule has 0 aliphatic heterocycles. The topological polar surface area (TPSA) is 77.6 Å². The summed E-state index contributed by atoms with van der Waals surface area (Å²) in [6.07, 6.45) is 1.66. The van der Waals surface area contributed by atoms with Crippen molar-refractivity contribution in [2.24, 2.45) is 0 Å². The minimum absolute atomic E-state index is 0.0807. The van der Waals surface area contributed by atoms with Crippen molar-refractivity contribution >= 4 is 28.8 Å². The molecule has 1 amide bonds. The molecule has 0 radical (unpaired) electrons. The van der Waals surface area contributed by atoms with Gasteiger partial charge in [-0.05, 0) is 42.0 Å². The first kappa shape index (κ1) is 19.7. The molecular formula is C21H16ClFN4O3. The molecule has 7 nitrogen and oxygen atoms in total. The number of hydrogen-bond donors (Lipinski definition) is 1. The SMILES string of the molecule is O=C(COc1ccc(F)c(Cl)c1)Nc1cccc(Cn2nc3ccccn3c2=O)c1. The molecule has 4 rings (SSSR count). The van der Waals surface area contributed by atoms with Crippen molar-refractivity contribution in [3.05, 3.63) is 93.7 Å². The van der Waals surface area contributed by atoms with E-state index in [0.29, 0.717) is 11.3 Å². The van der Waals surface area contributed by atoms with Crippen LogP contribution in [0.3, 0.4) is 0 Å². The second-order valence-electron chi connectivity index (χ2n) is 6.48. The van der Waals surface area contributed by atoms with Crippen molar-refractivity contribution in [2.75, 3.05) is 11.9 Å². The summed E-state index contributed by atoms with van der Waals surface area (Å²) in [5.41, 5.74) is 1.66. The summed E-state index contributed by atoms with van der Waals surface area (Å²) in [5, 5.41) is 6.94. The summed E-state index contributed by atoms with van der Waals surface area (Å²) in [6, 6.07) is 16.3. The highest BCUT2D eigenvalue weighted by Crippen LogP contribution is 2.21. The molecule has 2 aromatic carbocycles. The normalized spacial score (nSPS) is 10.9. The van der Waals surface area contributed by atoms with Crippen LogP contribution < -0.4 is 15.7 Å². The van der Waals surface area contributed by atoms with E-state index >= 15 is 0 Å². The Hall–Kier alpha value is -3.65. The first-order chi connectivity index (χ1) is 14.5. The summed E-state index contributed by atoms with van der Waals surface area (Å²) in [4.78, 5) is 24.6. The maximum absolute atomic E-state index is 13.2. The second-order valence-corrected chi connectivity index (χ2v) is 6.89. The van der Waals surface area contributed by atoms with Gasteiger partial charge in [0.1, 0.15) is 11.6 Å². The molecule has 0 atom stereocenters. The molecule has 0 saturated carbocycles. The molecule has 152 valence electrons. The second kappa shape index (κ2) is 8.38. The van der Waals surface area contributed by atoms with Gasteiger partial charge in [0.2, 0.25) is 0 Å². The van der Waals surface area contributed by atoms with Crippen LogP contribution in [0.1, 0.15) is 5.56 Å². The van der Waals surface area contributed by atoms with Crippen molar-refractivity contribution in [2.45, 2.75) is 6.54 Å². The fourth-order valence-electron chi connectivity index (χ4n) is 2.90. The lowest BCUT2D eigenvalue weighted by atomic mass is 10.2. The number of aromatic nitrogens is 3. The zero-order valence-electron chi connectivity index (χ0n) is 15.6. The van der Waals surface area contributed by atoms with E-state index in [1.165, 1.54) is 27.3 Å². The lowest BCUT2D eigenvalue weighted by Gasteiger charge is -2.09. The molecule has 0 unspecified atom stereocenters. The van der Waals surface area contributed by atoms with Crippen LogP contribution in [0.2, 0.25) is 5.02 Å². The fourth-order valence-corrected chi connectivity index (χ4v) is 3.07. The lowest BCUT2D eigenvalue weighted by molar-refractivity contribution is -0.118. The molecule has 0 fully saturated rings. The van der Waals surface area contributed by atoms with E-state index < -0.39 is 11.7 Å². The Morgan fingerprint density at radius 1 is 1.13 bits per heavy atom. The van der Waals surface area contributed by atoms with Crippen LogP contribution in [0.4, 0.5) is 10.1 Å². The number of fused-ring (bicyclic) bond motifs is 1. The van der Waals surface area contributed by atoms with Crippen LogP contribution in [-0.2, 0) is 11.3 Å². The van der Waals surface area contributed by atoms with Crippen molar-refractivity contribution in [3.8, 4) is 5.75 Å². The maximum Gasteiger partial charge on any atom is 0.350 e. The fraction of sp³-hybridized carbons (Fsp3) is 0.0952. The van der Waals surface area contributed by atoms with E-state index in [4.69, 9.17) is 16.3 Å². The van der Waals surface area contributed by atoms with E-state index in [1.54, 1.807) is 36.5 Å². The molecule has 2 aromatic heterocycles. The van der Waals surface area contributed by atoms with Gasteiger partial charge in [-0.25, -0.2) is 13.9 Å². The molecule has 0 aliphatic rings. The standard InChI is InChI=1S/C21H16ClFN4O3/c22-17-11-16(7-8-18(17)23)30-13-20(28)24-15-5-3-4-14(10-15)12-27-21(29)26-9-2-1-6-19(26)25-27/h1-11H,12-13H2,(H,24,28). The summed E-state index contributed by atoms with van der Waals surface area (Å²) >= 11 is 5.69. The monoisotopic (exact) mass is 426 g/mol. The number of rotatable bonds is 6. The summed E-state index contributed by atoms with van der Waals surface area (Å²) < 4.78 is 21.3. The Labute approximate surface area is 175 Å². The third-order valence-corrected chi connectivity index (χ3v) is 4.58. The minimum atomic E-state index is -0.560. The largest absolute Gasteiger partial charge is 0.484 e. The van der Waals surface area contributed by atoms with Gasteiger partial charge < -0.3 is 10.1 Å². The number of carbonyl (C=O) groups is 1. The van der Waals surface area contributed by atoms with Crippen molar-refractivity contribution < 1.29 is 13.9 Å². The zero-order chi connectivity index (χ0) is 21.1. The van der Waals surface area contributed by atoms with E-state index in [2.05, 4.69) is 10.4 Å². The Balaban J connectivity index is 1.41. The van der Waals surface area contributed by atoms with Gasteiger partial charge in [0.15, 0.2) is 12.3 Å². The Kier molecular flexibility index (Phi) is 5.49. The number of nitrogens with one attached hydrogen (secondary N) is 1. The number of benzene rings is 2. The summed E-state index contributed by atoms with van der Waals surface area (Å²) in [5.74, 6) is -0.663. The van der Waals surface area contributed by atoms with Crippen molar-refractivity contribution in [1.82, 2.24) is 14.2 Å². The third kappa shape index (κ3) is 4.33. The summed E-state index contributed by atoms with van der Waals surface area (Å²) in [7, 11) is 0. The van der Waals surface area contributed by atoms with Gasteiger partial charge in [0.05, 0.1) is 11.6 Å². The predicted octanol–water partition coefficient (Wildman–Crippen LogP) is 3.35. The Bertz CT molecular complexity index is 1280. The number of anilines is 1. The van der Waals surface area contributed by atoms with E-state index in [0.717, 1.165) is 5.56 Å². The molecule has 2 heterocycles. The molecule has 30 heavy (non-hydrogen) atoms. The highest BCUT2D eigenvalue weighted by Gasteiger charge is 2.09. The molecule has 4 aromatic rings. The zero-order valence-corrected chi connectivity index (χ0v) is 16.3. The first-order valence-electron chi connectivity index (χ1n) is 9.00. The molecule has 0 spiro atoms. The first-order valence-corrected chi connectivity index (χ1v) is 9.38. The van der Waals surface area contributed by atoms with Gasteiger partial charge >= 0.3 is 5.69 Å². The number of carbonyl (C=O) groups excluding carboxylic acids is 1. The molecule has 0 bridgehead atoms. The third-order valence-electron chi connectivity index (χ3n) is 4.29. The number of nitrogens with zero attached hydrogens (tertiary/aromatic N) is 3. The predicted molar refractivity (Wildman–Crippen MR) is 111 cm³/mol. The average Bonchev–Trinajstić information content (AvgIpc) is 3.05. The number of halogens is 2. The van der Waals surface area contributed by atoms with Gasteiger partial charge in [-0.2, -0.15) is 0 Å². The highest BCUT2D eigenvalue weighted by atomic mass is 35.5. The van der Waals surface area contributed by atoms with E-state index in [-0.39, 0.29) is 29.6 Å². The van der Waals surface area contributed by atoms with Gasteiger partial charge in [-0.3, -0.25) is 9.20 Å². The van der Waals surface area contributed by atoms with Crippen molar-refractivity contribution in [3.63, 3.8) is 0 Å². The van der Waals surface area contributed by atoms with Crippen LogP contribution in [0.25, 0.3) is 5.65 Å². The van der Waals surface area contributed by atoms with Gasteiger partial charge in [0, 0.05) is 18.0 Å². The number of pyridine rings is 1. The molecule has 1 N–H and O–H groups in total. The van der Waals surface area contributed by atoms with Crippen LogP contribution in [-0.4, -0.2) is 26.7 Å². The van der Waals surface area contributed by atoms with Crippen LogP contribution in [0.5, 0.6) is 5.75 Å². The number of amides is 1. The lowest BCUT2D eigenvalue weighted by Crippen LogP contribution is -2.22. The smallest absolute Gasteiger partial charge is 0.350 e. The molecular weight excluding hydrogens is 411 g/mol. The Morgan fingerprint density at radius 2 is 2.00 bits per heavy atom. The number of hydrogen-bond acceptors (Lipinski definition) is 4. The van der Waals surface area contributed by atoms with Crippen LogP contribution in [0, 0.1) is 5.82 Å². The molecule has 9 heteroatoms. The quantitative estimate of drug-likeness (QED) is 0.513.